The Balaban J connectivity index is 1.71. The Morgan fingerprint density at radius 1 is 1.08 bits per heavy atom. The maximum atomic E-state index is 12.3. The van der Waals surface area contributed by atoms with Crippen molar-refractivity contribution in [1.29, 1.82) is 0 Å². The Morgan fingerprint density at radius 3 is 2.67 bits per heavy atom. The molecule has 3 aromatic rings. The molecule has 2 heterocycles. The summed E-state index contributed by atoms with van der Waals surface area (Å²) in [6.07, 6.45) is 5.00. The number of nitrogens with zero attached hydrogens (tertiary/aromatic N) is 4. The van der Waals surface area contributed by atoms with Crippen molar-refractivity contribution in [3.05, 3.63) is 78.4 Å². The number of rotatable bonds is 5. The van der Waals surface area contributed by atoms with Gasteiger partial charge in [0.1, 0.15) is 5.69 Å². The number of anilines is 2. The molecule has 0 radical (unpaired) electrons. The molecule has 2 aromatic heterocycles. The smallest absolute Gasteiger partial charge is 0.270 e. The van der Waals surface area contributed by atoms with Gasteiger partial charge in [0.15, 0.2) is 0 Å². The molecule has 0 aliphatic carbocycles. The van der Waals surface area contributed by atoms with Gasteiger partial charge in [-0.05, 0) is 29.8 Å². The predicted molar refractivity (Wildman–Crippen MR) is 91.9 cm³/mol. The van der Waals surface area contributed by atoms with Crippen LogP contribution in [0.5, 0.6) is 0 Å². The minimum Gasteiger partial charge on any atom is -0.347 e. The van der Waals surface area contributed by atoms with Crippen LogP contribution in [0.2, 0.25) is 0 Å². The van der Waals surface area contributed by atoms with Gasteiger partial charge in [-0.15, -0.1) is 0 Å². The van der Waals surface area contributed by atoms with E-state index in [-0.39, 0.29) is 5.91 Å². The van der Waals surface area contributed by atoms with Crippen molar-refractivity contribution in [3.63, 3.8) is 0 Å². The lowest BCUT2D eigenvalue weighted by Crippen LogP contribution is -2.25. The molecule has 1 amide bonds. The highest BCUT2D eigenvalue weighted by Crippen LogP contribution is 2.18. The van der Waals surface area contributed by atoms with Crippen LogP contribution in [-0.2, 0) is 6.54 Å². The summed E-state index contributed by atoms with van der Waals surface area (Å²) in [5.74, 6) is 0.221. The van der Waals surface area contributed by atoms with Crippen molar-refractivity contribution in [3.8, 4) is 0 Å². The van der Waals surface area contributed by atoms with Crippen LogP contribution in [0.25, 0.3) is 0 Å². The van der Waals surface area contributed by atoms with Crippen molar-refractivity contribution in [1.82, 2.24) is 20.3 Å². The van der Waals surface area contributed by atoms with Gasteiger partial charge in [-0.2, -0.15) is 0 Å². The molecule has 0 bridgehead atoms. The topological polar surface area (TPSA) is 71.0 Å². The Labute approximate surface area is 140 Å². The van der Waals surface area contributed by atoms with Crippen LogP contribution in [0.4, 0.5) is 11.6 Å². The molecular formula is C18H17N5O. The van der Waals surface area contributed by atoms with Crippen molar-refractivity contribution in [2.24, 2.45) is 0 Å². The first kappa shape index (κ1) is 15.6. The Hall–Kier alpha value is -3.28. The third-order valence-corrected chi connectivity index (χ3v) is 3.49. The first-order valence-corrected chi connectivity index (χ1v) is 7.53. The van der Waals surface area contributed by atoms with Crippen LogP contribution < -0.4 is 10.2 Å². The van der Waals surface area contributed by atoms with E-state index in [0.29, 0.717) is 18.2 Å². The molecular weight excluding hydrogens is 302 g/mol. The van der Waals surface area contributed by atoms with Gasteiger partial charge in [0, 0.05) is 37.9 Å². The molecule has 24 heavy (non-hydrogen) atoms. The monoisotopic (exact) mass is 319 g/mol. The van der Waals surface area contributed by atoms with Crippen molar-refractivity contribution < 1.29 is 4.79 Å². The minimum atomic E-state index is -0.246. The van der Waals surface area contributed by atoms with Crippen LogP contribution in [0.3, 0.4) is 0 Å². The van der Waals surface area contributed by atoms with Crippen LogP contribution in [0.1, 0.15) is 16.1 Å². The van der Waals surface area contributed by atoms with E-state index in [1.165, 1.54) is 0 Å². The molecule has 1 N–H and O–H groups in total. The summed E-state index contributed by atoms with van der Waals surface area (Å²) < 4.78 is 0. The van der Waals surface area contributed by atoms with Crippen LogP contribution in [0.15, 0.2) is 67.1 Å². The molecule has 6 heteroatoms. The first-order valence-electron chi connectivity index (χ1n) is 7.53. The van der Waals surface area contributed by atoms with E-state index in [1.54, 1.807) is 24.7 Å². The Bertz CT molecular complexity index is 808. The summed E-state index contributed by atoms with van der Waals surface area (Å²) in [6.45, 7) is 0.403. The molecule has 0 spiro atoms. The van der Waals surface area contributed by atoms with Gasteiger partial charge >= 0.3 is 0 Å². The van der Waals surface area contributed by atoms with Gasteiger partial charge in [-0.3, -0.25) is 9.78 Å². The fourth-order valence-corrected chi connectivity index (χ4v) is 2.18. The second kappa shape index (κ2) is 7.32. The van der Waals surface area contributed by atoms with E-state index < -0.39 is 0 Å². The van der Waals surface area contributed by atoms with Crippen LogP contribution >= 0.6 is 0 Å². The summed E-state index contributed by atoms with van der Waals surface area (Å²) >= 11 is 0. The standard InChI is InChI=1S/C18H17N5O/c1-23(15-7-3-2-4-8-15)18-20-11-9-16(22-18)17(24)21-13-14-6-5-10-19-12-14/h2-12H,13H2,1H3,(H,21,24). The van der Waals surface area contributed by atoms with Crippen LogP contribution in [-0.4, -0.2) is 27.9 Å². The average molecular weight is 319 g/mol. The summed E-state index contributed by atoms with van der Waals surface area (Å²) in [5, 5.41) is 2.83. The number of hydrogen-bond acceptors (Lipinski definition) is 5. The van der Waals surface area contributed by atoms with E-state index in [4.69, 9.17) is 0 Å². The molecule has 6 nitrogen and oxygen atoms in total. The van der Waals surface area contributed by atoms with Gasteiger partial charge in [0.25, 0.3) is 5.91 Å². The van der Waals surface area contributed by atoms with Gasteiger partial charge < -0.3 is 10.2 Å². The lowest BCUT2D eigenvalue weighted by atomic mass is 10.3. The molecule has 3 rings (SSSR count). The van der Waals surface area contributed by atoms with Crippen molar-refractivity contribution >= 4 is 17.5 Å². The number of benzene rings is 1. The normalized spacial score (nSPS) is 10.2. The maximum absolute atomic E-state index is 12.3. The fourth-order valence-electron chi connectivity index (χ4n) is 2.18. The minimum absolute atomic E-state index is 0.246. The zero-order valence-corrected chi connectivity index (χ0v) is 13.3. The van der Waals surface area contributed by atoms with E-state index in [1.807, 2.05) is 54.4 Å². The zero-order valence-electron chi connectivity index (χ0n) is 13.3. The zero-order chi connectivity index (χ0) is 16.8. The molecule has 0 unspecified atom stereocenters. The van der Waals surface area contributed by atoms with Crippen molar-refractivity contribution in [2.75, 3.05) is 11.9 Å². The largest absolute Gasteiger partial charge is 0.347 e. The summed E-state index contributed by atoms with van der Waals surface area (Å²) in [6, 6.07) is 15.1. The number of nitrogens with one attached hydrogen (secondary N) is 1. The van der Waals surface area contributed by atoms with Crippen molar-refractivity contribution in [2.45, 2.75) is 6.54 Å². The SMILES string of the molecule is CN(c1ccccc1)c1nccc(C(=O)NCc2cccnc2)n1. The second-order valence-corrected chi connectivity index (χ2v) is 5.18. The highest BCUT2D eigenvalue weighted by atomic mass is 16.1. The third kappa shape index (κ3) is 3.73. The number of aromatic nitrogens is 3. The highest BCUT2D eigenvalue weighted by Gasteiger charge is 2.12. The first-order chi connectivity index (χ1) is 11.7. The number of carbonyl (C=O) groups excluding carboxylic acids is 1. The number of hydrogen-bond donors (Lipinski definition) is 1. The maximum Gasteiger partial charge on any atom is 0.270 e. The predicted octanol–water partition coefficient (Wildman–Crippen LogP) is 2.57. The van der Waals surface area contributed by atoms with Crippen LogP contribution in [0, 0.1) is 0 Å². The van der Waals surface area contributed by atoms with E-state index in [0.717, 1.165) is 11.3 Å². The molecule has 0 saturated heterocycles. The Kier molecular flexibility index (Phi) is 4.76. The molecule has 0 fully saturated rings. The van der Waals surface area contributed by atoms with Gasteiger partial charge in [0.05, 0.1) is 0 Å². The summed E-state index contributed by atoms with van der Waals surface area (Å²) in [5.41, 5.74) is 2.21. The quantitative estimate of drug-likeness (QED) is 0.782. The third-order valence-electron chi connectivity index (χ3n) is 3.49. The average Bonchev–Trinajstić information content (AvgIpc) is 2.67. The molecule has 0 aliphatic heterocycles. The molecule has 120 valence electrons. The number of para-hydroxylation sites is 1. The lowest BCUT2D eigenvalue weighted by molar-refractivity contribution is 0.0946. The highest BCUT2D eigenvalue weighted by molar-refractivity contribution is 5.92. The molecule has 0 atom stereocenters. The van der Waals surface area contributed by atoms with Gasteiger partial charge in [-0.1, -0.05) is 24.3 Å². The summed E-state index contributed by atoms with van der Waals surface area (Å²) in [7, 11) is 1.86. The number of carbonyl (C=O) groups is 1. The number of pyridine rings is 1. The number of amides is 1. The van der Waals surface area contributed by atoms with E-state index in [9.17, 15) is 4.79 Å². The lowest BCUT2D eigenvalue weighted by Gasteiger charge is -2.17. The van der Waals surface area contributed by atoms with E-state index >= 15 is 0 Å². The molecule has 0 aliphatic rings. The van der Waals surface area contributed by atoms with Gasteiger partial charge in [-0.25, -0.2) is 9.97 Å². The summed E-state index contributed by atoms with van der Waals surface area (Å²) in [4.78, 5) is 26.7. The fraction of sp³-hybridized carbons (Fsp3) is 0.111. The molecule has 0 saturated carbocycles. The molecule has 1 aromatic carbocycles. The van der Waals surface area contributed by atoms with Gasteiger partial charge in [0.2, 0.25) is 5.95 Å². The second-order valence-electron chi connectivity index (χ2n) is 5.18. The Morgan fingerprint density at radius 2 is 1.92 bits per heavy atom. The van der Waals surface area contributed by atoms with E-state index in [2.05, 4.69) is 20.3 Å².